The van der Waals surface area contributed by atoms with Gasteiger partial charge in [0.05, 0.1) is 16.9 Å². The van der Waals surface area contributed by atoms with Crippen molar-refractivity contribution in [2.24, 2.45) is 0 Å². The molecule has 1 heterocycles. The molecule has 26 heavy (non-hydrogen) atoms. The van der Waals surface area contributed by atoms with Crippen LogP contribution in [0, 0.1) is 0 Å². The summed E-state index contributed by atoms with van der Waals surface area (Å²) < 4.78 is 5.31. The van der Waals surface area contributed by atoms with E-state index in [1.165, 1.54) is 11.8 Å². The molecule has 0 bridgehead atoms. The summed E-state index contributed by atoms with van der Waals surface area (Å²) in [5, 5.41) is 2.72. The molecule has 0 saturated carbocycles. The van der Waals surface area contributed by atoms with Gasteiger partial charge >= 0.3 is 5.97 Å². The minimum atomic E-state index is -1.01. The number of hydrogen-bond acceptors (Lipinski definition) is 5. The van der Waals surface area contributed by atoms with Gasteiger partial charge in [0.15, 0.2) is 6.10 Å². The van der Waals surface area contributed by atoms with Gasteiger partial charge in [-0.15, -0.1) is 11.8 Å². The molecule has 2 amide bonds. The molecule has 0 aromatic heterocycles. The highest BCUT2D eigenvalue weighted by Crippen LogP contribution is 2.29. The minimum Gasteiger partial charge on any atom is -0.449 e. The average Bonchev–Trinajstić information content (AvgIpc) is 2.66. The average molecular weight is 370 g/mol. The van der Waals surface area contributed by atoms with E-state index in [2.05, 4.69) is 5.32 Å². The van der Waals surface area contributed by atoms with Crippen molar-refractivity contribution in [3.05, 3.63) is 54.1 Å². The maximum atomic E-state index is 12.7. The zero-order chi connectivity index (χ0) is 18.7. The first-order chi connectivity index (χ1) is 12.5. The highest BCUT2D eigenvalue weighted by molar-refractivity contribution is 7.98. The molecule has 2 aromatic rings. The van der Waals surface area contributed by atoms with E-state index < -0.39 is 18.0 Å². The van der Waals surface area contributed by atoms with Gasteiger partial charge < -0.3 is 10.1 Å². The molecule has 1 N–H and O–H groups in total. The van der Waals surface area contributed by atoms with E-state index in [4.69, 9.17) is 4.74 Å². The number of carbonyl (C=O) groups is 3. The van der Waals surface area contributed by atoms with E-state index in [1.54, 1.807) is 48.2 Å². The standard InChI is InChI=1S/C19H18N2O4S/c1-12(25-19(24)13-7-9-14(26-2)10-8-13)18(23)21-11-17(22)20-15-5-3-4-6-16(15)21/h3-10,12H,11H2,1-2H3,(H,20,22)/t12-/m1/s1. The van der Waals surface area contributed by atoms with Crippen molar-refractivity contribution in [2.75, 3.05) is 23.0 Å². The second-order valence-electron chi connectivity index (χ2n) is 5.77. The van der Waals surface area contributed by atoms with Crippen LogP contribution in [0.2, 0.25) is 0 Å². The van der Waals surface area contributed by atoms with Gasteiger partial charge in [0.2, 0.25) is 5.91 Å². The summed E-state index contributed by atoms with van der Waals surface area (Å²) in [5.74, 6) is -1.31. The van der Waals surface area contributed by atoms with E-state index in [-0.39, 0.29) is 12.5 Å². The van der Waals surface area contributed by atoms with Gasteiger partial charge in [0.25, 0.3) is 5.91 Å². The number of rotatable bonds is 4. The highest BCUT2D eigenvalue weighted by atomic mass is 32.2. The Balaban J connectivity index is 1.73. The van der Waals surface area contributed by atoms with Crippen LogP contribution >= 0.6 is 11.8 Å². The third-order valence-corrected chi connectivity index (χ3v) is 4.74. The van der Waals surface area contributed by atoms with Crippen molar-refractivity contribution in [3.8, 4) is 0 Å². The molecule has 6 nitrogen and oxygen atoms in total. The summed E-state index contributed by atoms with van der Waals surface area (Å²) in [6, 6.07) is 14.0. The Morgan fingerprint density at radius 1 is 1.15 bits per heavy atom. The van der Waals surface area contributed by atoms with Gasteiger partial charge in [-0.1, -0.05) is 12.1 Å². The molecular weight excluding hydrogens is 352 g/mol. The van der Waals surface area contributed by atoms with Crippen LogP contribution in [0.4, 0.5) is 11.4 Å². The van der Waals surface area contributed by atoms with E-state index in [0.717, 1.165) is 4.90 Å². The third kappa shape index (κ3) is 3.72. The lowest BCUT2D eigenvalue weighted by Crippen LogP contribution is -2.47. The fraction of sp³-hybridized carbons (Fsp3) is 0.211. The number of thioether (sulfide) groups is 1. The SMILES string of the molecule is CSc1ccc(C(=O)O[C@H](C)C(=O)N2CC(=O)Nc3ccccc32)cc1. The van der Waals surface area contributed by atoms with Crippen molar-refractivity contribution >= 4 is 40.9 Å². The number of benzene rings is 2. The van der Waals surface area contributed by atoms with E-state index in [1.807, 2.05) is 18.4 Å². The molecule has 1 atom stereocenters. The molecular formula is C19H18N2O4S. The number of esters is 1. The molecule has 0 radical (unpaired) electrons. The van der Waals surface area contributed by atoms with Crippen molar-refractivity contribution in [1.29, 1.82) is 0 Å². The minimum absolute atomic E-state index is 0.111. The molecule has 134 valence electrons. The molecule has 1 aliphatic heterocycles. The van der Waals surface area contributed by atoms with Gasteiger partial charge in [-0.25, -0.2) is 4.79 Å². The zero-order valence-corrected chi connectivity index (χ0v) is 15.2. The number of para-hydroxylation sites is 2. The van der Waals surface area contributed by atoms with Crippen LogP contribution in [0.15, 0.2) is 53.4 Å². The maximum Gasteiger partial charge on any atom is 0.338 e. The number of amides is 2. The fourth-order valence-electron chi connectivity index (χ4n) is 2.66. The van der Waals surface area contributed by atoms with Crippen LogP contribution in [-0.2, 0) is 14.3 Å². The first-order valence-corrected chi connectivity index (χ1v) is 9.27. The topological polar surface area (TPSA) is 75.7 Å². The van der Waals surface area contributed by atoms with Gasteiger partial charge in [-0.2, -0.15) is 0 Å². The van der Waals surface area contributed by atoms with Crippen molar-refractivity contribution in [3.63, 3.8) is 0 Å². The fourth-order valence-corrected chi connectivity index (χ4v) is 3.06. The molecule has 3 rings (SSSR count). The van der Waals surface area contributed by atoms with Crippen LogP contribution in [0.3, 0.4) is 0 Å². The first kappa shape index (κ1) is 18.0. The second-order valence-corrected chi connectivity index (χ2v) is 6.65. The molecule has 0 aliphatic carbocycles. The summed E-state index contributed by atoms with van der Waals surface area (Å²) in [6.07, 6.45) is 0.933. The van der Waals surface area contributed by atoms with E-state index in [9.17, 15) is 14.4 Å². The van der Waals surface area contributed by atoms with Crippen LogP contribution in [0.5, 0.6) is 0 Å². The van der Waals surface area contributed by atoms with Crippen molar-refractivity contribution < 1.29 is 19.1 Å². The quantitative estimate of drug-likeness (QED) is 0.662. The van der Waals surface area contributed by atoms with Crippen molar-refractivity contribution in [2.45, 2.75) is 17.9 Å². The van der Waals surface area contributed by atoms with Crippen LogP contribution in [0.1, 0.15) is 17.3 Å². The summed E-state index contributed by atoms with van der Waals surface area (Å²) in [7, 11) is 0. The lowest BCUT2D eigenvalue weighted by Gasteiger charge is -2.30. The summed E-state index contributed by atoms with van der Waals surface area (Å²) in [6.45, 7) is 1.39. The summed E-state index contributed by atoms with van der Waals surface area (Å²) in [4.78, 5) is 39.2. The molecule has 0 spiro atoms. The Morgan fingerprint density at radius 2 is 1.85 bits per heavy atom. The molecule has 0 saturated heterocycles. The predicted molar refractivity (Wildman–Crippen MR) is 101 cm³/mol. The Kier molecular flexibility index (Phi) is 5.27. The summed E-state index contributed by atoms with van der Waals surface area (Å²) >= 11 is 1.57. The Morgan fingerprint density at radius 3 is 2.54 bits per heavy atom. The van der Waals surface area contributed by atoms with E-state index in [0.29, 0.717) is 16.9 Å². The lowest BCUT2D eigenvalue weighted by molar-refractivity contribution is -0.128. The van der Waals surface area contributed by atoms with Crippen LogP contribution in [0.25, 0.3) is 0 Å². The molecule has 0 unspecified atom stereocenters. The molecule has 7 heteroatoms. The van der Waals surface area contributed by atoms with Gasteiger partial charge in [0, 0.05) is 4.90 Å². The lowest BCUT2D eigenvalue weighted by atomic mass is 10.1. The van der Waals surface area contributed by atoms with Gasteiger partial charge in [-0.3, -0.25) is 14.5 Å². The van der Waals surface area contributed by atoms with Crippen LogP contribution < -0.4 is 10.2 Å². The number of nitrogens with one attached hydrogen (secondary N) is 1. The molecule has 0 fully saturated rings. The Labute approximate surface area is 155 Å². The second kappa shape index (κ2) is 7.61. The van der Waals surface area contributed by atoms with Gasteiger partial charge in [-0.05, 0) is 49.6 Å². The largest absolute Gasteiger partial charge is 0.449 e. The number of anilines is 2. The molecule has 1 aliphatic rings. The normalized spacial score (nSPS) is 14.2. The first-order valence-electron chi connectivity index (χ1n) is 8.05. The monoisotopic (exact) mass is 370 g/mol. The molecule has 2 aromatic carbocycles. The Hall–Kier alpha value is -2.80. The zero-order valence-electron chi connectivity index (χ0n) is 14.4. The number of fused-ring (bicyclic) bond motifs is 1. The number of hydrogen-bond donors (Lipinski definition) is 1. The predicted octanol–water partition coefficient (Wildman–Crippen LogP) is 2.94. The third-order valence-electron chi connectivity index (χ3n) is 3.99. The maximum absolute atomic E-state index is 12.7. The Bertz CT molecular complexity index is 851. The van der Waals surface area contributed by atoms with E-state index >= 15 is 0 Å². The smallest absolute Gasteiger partial charge is 0.338 e. The van der Waals surface area contributed by atoms with Crippen molar-refractivity contribution in [1.82, 2.24) is 0 Å². The van der Waals surface area contributed by atoms with Crippen LogP contribution in [-0.4, -0.2) is 36.7 Å². The number of nitrogens with zero attached hydrogens (tertiary/aromatic N) is 1. The number of carbonyl (C=O) groups excluding carboxylic acids is 3. The number of ether oxygens (including phenoxy) is 1. The highest BCUT2D eigenvalue weighted by Gasteiger charge is 2.31. The summed E-state index contributed by atoms with van der Waals surface area (Å²) in [5.41, 5.74) is 1.52. The van der Waals surface area contributed by atoms with Gasteiger partial charge in [0.1, 0.15) is 6.54 Å².